The highest BCUT2D eigenvalue weighted by Gasteiger charge is 2.22. The lowest BCUT2D eigenvalue weighted by atomic mass is 9.96. The van der Waals surface area contributed by atoms with Crippen LogP contribution in [0.4, 0.5) is 0 Å². The predicted octanol–water partition coefficient (Wildman–Crippen LogP) is 5.00. The third kappa shape index (κ3) is 7.93. The Labute approximate surface area is 205 Å². The molecule has 174 valence electrons. The second-order valence-corrected chi connectivity index (χ2v) is 8.47. The Bertz CT molecular complexity index is 1030. The minimum absolute atomic E-state index is 0. The highest BCUT2D eigenvalue weighted by atomic mass is 35.5. The molecule has 3 N–H and O–H groups in total. The average molecular weight is 485 g/mol. The molecule has 0 bridgehead atoms. The molecule has 1 amide bonds. The maximum Gasteiger partial charge on any atom is 0.326 e. The van der Waals surface area contributed by atoms with Crippen LogP contribution in [0.25, 0.3) is 11.1 Å². The zero-order chi connectivity index (χ0) is 22.8. The molecule has 0 radical (unpaired) electrons. The van der Waals surface area contributed by atoms with Crippen molar-refractivity contribution in [1.82, 2.24) is 10.6 Å². The van der Waals surface area contributed by atoms with E-state index in [0.717, 1.165) is 23.2 Å². The van der Waals surface area contributed by atoms with Gasteiger partial charge in [0.25, 0.3) is 5.91 Å². The number of rotatable bonds is 11. The zero-order valence-electron chi connectivity index (χ0n) is 18.5. The number of halogens is 1. The highest BCUT2D eigenvalue weighted by molar-refractivity contribution is 7.98. The largest absolute Gasteiger partial charge is 0.480 e. The first-order chi connectivity index (χ1) is 15.6. The number of hydrogen-bond donors (Lipinski definition) is 3. The van der Waals surface area contributed by atoms with E-state index in [9.17, 15) is 14.7 Å². The predicted molar refractivity (Wildman–Crippen MR) is 138 cm³/mol. The molecule has 0 fully saturated rings. The van der Waals surface area contributed by atoms with Gasteiger partial charge in [-0.2, -0.15) is 11.8 Å². The summed E-state index contributed by atoms with van der Waals surface area (Å²) in [4.78, 5) is 24.6. The Morgan fingerprint density at radius 2 is 1.55 bits per heavy atom. The van der Waals surface area contributed by atoms with E-state index in [2.05, 4.69) is 22.8 Å². The van der Waals surface area contributed by atoms with Crippen molar-refractivity contribution >= 4 is 36.0 Å². The molecule has 3 rings (SSSR count). The van der Waals surface area contributed by atoms with Gasteiger partial charge in [-0.15, -0.1) is 12.4 Å². The van der Waals surface area contributed by atoms with Gasteiger partial charge in [0.15, 0.2) is 0 Å². The van der Waals surface area contributed by atoms with Crippen LogP contribution in [0.1, 0.15) is 27.9 Å². The number of carboxylic acid groups (broad SMARTS) is 1. The molecule has 3 aromatic rings. The molecular formula is C26H29ClN2O3S. The third-order valence-corrected chi connectivity index (χ3v) is 5.77. The Balaban J connectivity index is 0.00000385. The van der Waals surface area contributed by atoms with Crippen LogP contribution in [0.15, 0.2) is 78.9 Å². The minimum Gasteiger partial charge on any atom is -0.480 e. The lowest BCUT2D eigenvalue weighted by Crippen LogP contribution is -2.41. The molecule has 1 unspecified atom stereocenters. The summed E-state index contributed by atoms with van der Waals surface area (Å²) in [6, 6.07) is 24.7. The number of amides is 1. The maximum atomic E-state index is 13.0. The van der Waals surface area contributed by atoms with Crippen molar-refractivity contribution in [3.05, 3.63) is 95.6 Å². The van der Waals surface area contributed by atoms with E-state index in [4.69, 9.17) is 0 Å². The molecule has 3 aromatic carbocycles. The molecule has 0 heterocycles. The van der Waals surface area contributed by atoms with E-state index in [0.29, 0.717) is 24.3 Å². The minimum atomic E-state index is -1.02. The summed E-state index contributed by atoms with van der Waals surface area (Å²) < 4.78 is 0. The molecule has 0 spiro atoms. The number of carboxylic acids is 1. The van der Waals surface area contributed by atoms with Gasteiger partial charge in [-0.1, -0.05) is 66.7 Å². The molecule has 0 aliphatic heterocycles. The van der Waals surface area contributed by atoms with E-state index < -0.39 is 12.0 Å². The molecule has 0 saturated heterocycles. The van der Waals surface area contributed by atoms with E-state index in [1.54, 1.807) is 17.8 Å². The lowest BCUT2D eigenvalue weighted by molar-refractivity contribution is -0.139. The van der Waals surface area contributed by atoms with Crippen molar-refractivity contribution in [2.75, 3.05) is 12.0 Å². The fraction of sp³-hybridized carbons (Fsp3) is 0.231. The number of nitrogens with one attached hydrogen (secondary N) is 2. The first-order valence-electron chi connectivity index (χ1n) is 10.5. The topological polar surface area (TPSA) is 78.4 Å². The summed E-state index contributed by atoms with van der Waals surface area (Å²) in [7, 11) is 0. The Morgan fingerprint density at radius 3 is 2.18 bits per heavy atom. The van der Waals surface area contributed by atoms with Gasteiger partial charge in [-0.3, -0.25) is 4.79 Å². The van der Waals surface area contributed by atoms with Gasteiger partial charge >= 0.3 is 5.97 Å². The van der Waals surface area contributed by atoms with Crippen LogP contribution in [0, 0.1) is 0 Å². The summed E-state index contributed by atoms with van der Waals surface area (Å²) in [5.74, 6) is -0.731. The number of aliphatic carboxylic acids is 1. The van der Waals surface area contributed by atoms with Crippen molar-refractivity contribution in [1.29, 1.82) is 0 Å². The molecule has 1 atom stereocenters. The van der Waals surface area contributed by atoms with Gasteiger partial charge < -0.3 is 15.7 Å². The Morgan fingerprint density at radius 1 is 0.909 bits per heavy atom. The quantitative estimate of drug-likeness (QED) is 0.357. The van der Waals surface area contributed by atoms with Crippen LogP contribution in [-0.4, -0.2) is 35.0 Å². The Kier molecular flexibility index (Phi) is 11.0. The number of hydrogen-bond acceptors (Lipinski definition) is 4. The van der Waals surface area contributed by atoms with Gasteiger partial charge in [-0.25, -0.2) is 4.79 Å². The van der Waals surface area contributed by atoms with Crippen molar-refractivity contribution in [3.8, 4) is 11.1 Å². The molecule has 33 heavy (non-hydrogen) atoms. The molecule has 0 aromatic heterocycles. The number of carbonyl (C=O) groups excluding carboxylic acids is 1. The van der Waals surface area contributed by atoms with Crippen LogP contribution in [0.2, 0.25) is 0 Å². The lowest BCUT2D eigenvalue weighted by Gasteiger charge is -2.17. The van der Waals surface area contributed by atoms with Crippen molar-refractivity contribution in [2.45, 2.75) is 25.6 Å². The second kappa shape index (κ2) is 13.7. The van der Waals surface area contributed by atoms with E-state index >= 15 is 0 Å². The Hall–Kier alpha value is -2.80. The summed E-state index contributed by atoms with van der Waals surface area (Å²) in [6.07, 6.45) is 2.29. The summed E-state index contributed by atoms with van der Waals surface area (Å²) in [5, 5.41) is 15.6. The molecule has 0 aliphatic carbocycles. The highest BCUT2D eigenvalue weighted by Crippen LogP contribution is 2.25. The van der Waals surface area contributed by atoms with Crippen molar-refractivity contribution in [3.63, 3.8) is 0 Å². The molecular weight excluding hydrogens is 456 g/mol. The van der Waals surface area contributed by atoms with Crippen LogP contribution >= 0.6 is 24.2 Å². The zero-order valence-corrected chi connectivity index (χ0v) is 20.1. The summed E-state index contributed by atoms with van der Waals surface area (Å²) >= 11 is 1.56. The first kappa shape index (κ1) is 26.5. The van der Waals surface area contributed by atoms with Crippen LogP contribution in [0.3, 0.4) is 0 Å². The maximum absolute atomic E-state index is 13.0. The normalized spacial score (nSPS) is 11.3. The molecule has 0 saturated carbocycles. The standard InChI is InChI=1S/C26H28N2O3S.ClH/c1-32-15-14-24(26(30)31)28-25(29)22-13-12-20(16-23(22)21-10-6-3-7-11-21)18-27-17-19-8-4-2-5-9-19;/h2-13,16,24,27H,14-15,17-18H2,1H3,(H,28,29)(H,30,31);1H. The van der Waals surface area contributed by atoms with Crippen LogP contribution in [-0.2, 0) is 17.9 Å². The number of carbonyl (C=O) groups is 2. The smallest absolute Gasteiger partial charge is 0.326 e. The van der Waals surface area contributed by atoms with Gasteiger partial charge in [0.2, 0.25) is 0 Å². The van der Waals surface area contributed by atoms with Gasteiger partial charge in [0, 0.05) is 18.7 Å². The van der Waals surface area contributed by atoms with E-state index in [-0.39, 0.29) is 18.3 Å². The number of thioether (sulfide) groups is 1. The second-order valence-electron chi connectivity index (χ2n) is 7.48. The first-order valence-corrected chi connectivity index (χ1v) is 11.9. The summed E-state index contributed by atoms with van der Waals surface area (Å²) in [5.41, 5.74) is 4.43. The fourth-order valence-corrected chi connectivity index (χ4v) is 3.90. The SMILES string of the molecule is CSCCC(NC(=O)c1ccc(CNCc2ccccc2)cc1-c1ccccc1)C(=O)O.Cl. The molecule has 5 nitrogen and oxygen atoms in total. The van der Waals surface area contributed by atoms with Gasteiger partial charge in [0.05, 0.1) is 0 Å². The van der Waals surface area contributed by atoms with Crippen molar-refractivity contribution in [2.24, 2.45) is 0 Å². The average Bonchev–Trinajstić information content (AvgIpc) is 2.82. The molecule has 0 aliphatic rings. The summed E-state index contributed by atoms with van der Waals surface area (Å²) in [6.45, 7) is 1.40. The van der Waals surface area contributed by atoms with Crippen LogP contribution < -0.4 is 10.6 Å². The monoisotopic (exact) mass is 484 g/mol. The third-order valence-electron chi connectivity index (χ3n) is 5.13. The van der Waals surface area contributed by atoms with Gasteiger partial charge in [0.1, 0.15) is 6.04 Å². The number of benzene rings is 3. The van der Waals surface area contributed by atoms with E-state index in [1.807, 2.05) is 66.9 Å². The van der Waals surface area contributed by atoms with Crippen molar-refractivity contribution < 1.29 is 14.7 Å². The van der Waals surface area contributed by atoms with Gasteiger partial charge in [-0.05, 0) is 52.8 Å². The fourth-order valence-electron chi connectivity index (χ4n) is 3.43. The molecule has 7 heteroatoms. The van der Waals surface area contributed by atoms with Crippen LogP contribution in [0.5, 0.6) is 0 Å². The van der Waals surface area contributed by atoms with E-state index in [1.165, 1.54) is 5.56 Å².